The molecule has 0 spiro atoms. The first-order chi connectivity index (χ1) is 11.9. The molecule has 3 heterocycles. The second kappa shape index (κ2) is 6.81. The third-order valence-corrected chi connectivity index (χ3v) is 4.13. The number of nitrogens with zero attached hydrogens (tertiary/aromatic N) is 2. The van der Waals surface area contributed by atoms with Crippen LogP contribution in [-0.4, -0.2) is 28.4 Å². The van der Waals surface area contributed by atoms with Gasteiger partial charge in [0.05, 0.1) is 12.3 Å². The maximum atomic E-state index is 13.5. The van der Waals surface area contributed by atoms with E-state index in [1.807, 2.05) is 6.92 Å². The Hall–Kier alpha value is -2.45. The number of fused-ring (bicyclic) bond motifs is 1. The molecule has 25 heavy (non-hydrogen) atoms. The maximum absolute atomic E-state index is 13.5. The SMILES string of the molecule is CCCCNC(=O)c1cc2n(n1)C(C(F)(F)F)CC(c1ccco1)N2. The zero-order valence-electron chi connectivity index (χ0n) is 13.6. The van der Waals surface area contributed by atoms with E-state index in [0.717, 1.165) is 17.5 Å². The second-order valence-electron chi connectivity index (χ2n) is 5.97. The number of halogens is 3. The molecule has 0 aromatic carbocycles. The van der Waals surface area contributed by atoms with Crippen molar-refractivity contribution in [1.82, 2.24) is 15.1 Å². The Labute approximate surface area is 142 Å². The fourth-order valence-electron chi connectivity index (χ4n) is 2.83. The molecule has 1 amide bonds. The maximum Gasteiger partial charge on any atom is 0.410 e. The van der Waals surface area contributed by atoms with Crippen LogP contribution in [-0.2, 0) is 0 Å². The molecule has 2 atom stereocenters. The van der Waals surface area contributed by atoms with Crippen molar-refractivity contribution in [2.24, 2.45) is 0 Å². The first-order valence-electron chi connectivity index (χ1n) is 8.14. The van der Waals surface area contributed by atoms with Crippen LogP contribution in [0.1, 0.15) is 54.5 Å². The lowest BCUT2D eigenvalue weighted by atomic mass is 10.0. The molecule has 2 aromatic rings. The van der Waals surface area contributed by atoms with Crippen LogP contribution in [0.15, 0.2) is 28.9 Å². The lowest BCUT2D eigenvalue weighted by Gasteiger charge is -2.32. The summed E-state index contributed by atoms with van der Waals surface area (Å²) >= 11 is 0. The van der Waals surface area contributed by atoms with Gasteiger partial charge in [-0.2, -0.15) is 18.3 Å². The van der Waals surface area contributed by atoms with Gasteiger partial charge >= 0.3 is 6.18 Å². The number of carbonyl (C=O) groups excluding carboxylic acids is 1. The first kappa shape index (κ1) is 17.4. The topological polar surface area (TPSA) is 72.1 Å². The van der Waals surface area contributed by atoms with Gasteiger partial charge in [-0.15, -0.1) is 0 Å². The molecule has 0 aliphatic carbocycles. The average molecular weight is 356 g/mol. The molecule has 9 heteroatoms. The first-order valence-corrected chi connectivity index (χ1v) is 8.14. The third kappa shape index (κ3) is 3.64. The fourth-order valence-corrected chi connectivity index (χ4v) is 2.83. The van der Waals surface area contributed by atoms with Crippen LogP contribution in [0.25, 0.3) is 0 Å². The van der Waals surface area contributed by atoms with Crippen molar-refractivity contribution in [2.75, 3.05) is 11.9 Å². The third-order valence-electron chi connectivity index (χ3n) is 4.13. The van der Waals surface area contributed by atoms with E-state index in [-0.39, 0.29) is 17.9 Å². The summed E-state index contributed by atoms with van der Waals surface area (Å²) in [5.74, 6) is 0.0823. The Kier molecular flexibility index (Phi) is 4.73. The van der Waals surface area contributed by atoms with Gasteiger partial charge in [-0.05, 0) is 18.6 Å². The monoisotopic (exact) mass is 356 g/mol. The molecule has 0 radical (unpaired) electrons. The van der Waals surface area contributed by atoms with E-state index >= 15 is 0 Å². The minimum absolute atomic E-state index is 0.0343. The van der Waals surface area contributed by atoms with Crippen molar-refractivity contribution >= 4 is 11.7 Å². The quantitative estimate of drug-likeness (QED) is 0.802. The highest BCUT2D eigenvalue weighted by Gasteiger charge is 2.47. The van der Waals surface area contributed by atoms with Crippen molar-refractivity contribution in [1.29, 1.82) is 0 Å². The number of nitrogens with one attached hydrogen (secondary N) is 2. The summed E-state index contributed by atoms with van der Waals surface area (Å²) in [4.78, 5) is 12.1. The second-order valence-corrected chi connectivity index (χ2v) is 5.97. The lowest BCUT2D eigenvalue weighted by molar-refractivity contribution is -0.174. The number of amides is 1. The van der Waals surface area contributed by atoms with Crippen molar-refractivity contribution < 1.29 is 22.4 Å². The van der Waals surface area contributed by atoms with E-state index in [4.69, 9.17) is 4.42 Å². The van der Waals surface area contributed by atoms with Crippen molar-refractivity contribution in [3.8, 4) is 0 Å². The van der Waals surface area contributed by atoms with Gasteiger partial charge in [0.1, 0.15) is 11.6 Å². The zero-order valence-corrected chi connectivity index (χ0v) is 13.6. The highest BCUT2D eigenvalue weighted by molar-refractivity contribution is 5.93. The molecular weight excluding hydrogens is 337 g/mol. The molecule has 1 aliphatic rings. The van der Waals surface area contributed by atoms with Gasteiger partial charge in [-0.1, -0.05) is 13.3 Å². The normalized spacial score (nSPS) is 20.0. The van der Waals surface area contributed by atoms with Gasteiger partial charge in [0.15, 0.2) is 11.7 Å². The van der Waals surface area contributed by atoms with Crippen LogP contribution in [0.3, 0.4) is 0 Å². The predicted octanol–water partition coefficient (Wildman–Crippen LogP) is 3.67. The molecule has 1 aliphatic heterocycles. The Morgan fingerprint density at radius 1 is 1.52 bits per heavy atom. The molecular formula is C16H19F3N4O2. The molecule has 6 nitrogen and oxygen atoms in total. The number of rotatable bonds is 5. The minimum Gasteiger partial charge on any atom is -0.467 e. The van der Waals surface area contributed by atoms with Crippen LogP contribution in [0.5, 0.6) is 0 Å². The van der Waals surface area contributed by atoms with E-state index in [9.17, 15) is 18.0 Å². The van der Waals surface area contributed by atoms with E-state index in [1.54, 1.807) is 12.1 Å². The highest BCUT2D eigenvalue weighted by Crippen LogP contribution is 2.43. The van der Waals surface area contributed by atoms with Gasteiger partial charge in [0.25, 0.3) is 5.91 Å². The highest BCUT2D eigenvalue weighted by atomic mass is 19.4. The molecule has 0 saturated heterocycles. The summed E-state index contributed by atoms with van der Waals surface area (Å²) in [5.41, 5.74) is -0.0343. The molecule has 0 bridgehead atoms. The molecule has 2 unspecified atom stereocenters. The molecule has 0 fully saturated rings. The number of anilines is 1. The van der Waals surface area contributed by atoms with Gasteiger partial charge in [-0.3, -0.25) is 4.79 Å². The number of aromatic nitrogens is 2. The van der Waals surface area contributed by atoms with E-state index in [0.29, 0.717) is 12.3 Å². The number of hydrogen-bond donors (Lipinski definition) is 2. The molecule has 136 valence electrons. The fraction of sp³-hybridized carbons (Fsp3) is 0.500. The number of unbranched alkanes of at least 4 members (excludes halogenated alkanes) is 1. The summed E-state index contributed by atoms with van der Waals surface area (Å²) in [6.45, 7) is 2.44. The summed E-state index contributed by atoms with van der Waals surface area (Å²) in [7, 11) is 0. The average Bonchev–Trinajstić information content (AvgIpc) is 3.22. The van der Waals surface area contributed by atoms with Crippen LogP contribution in [0, 0.1) is 0 Å². The molecule has 2 aromatic heterocycles. The number of furan rings is 1. The molecule has 3 rings (SSSR count). The number of carbonyl (C=O) groups is 1. The van der Waals surface area contributed by atoms with Gasteiger partial charge in [0.2, 0.25) is 0 Å². The van der Waals surface area contributed by atoms with Gasteiger partial charge in [0, 0.05) is 19.0 Å². The van der Waals surface area contributed by atoms with Gasteiger partial charge in [-0.25, -0.2) is 4.68 Å². The van der Waals surface area contributed by atoms with Crippen LogP contribution < -0.4 is 10.6 Å². The Morgan fingerprint density at radius 2 is 2.32 bits per heavy atom. The number of alkyl halides is 3. The zero-order chi connectivity index (χ0) is 18.0. The Bertz CT molecular complexity index is 724. The predicted molar refractivity (Wildman–Crippen MR) is 84.2 cm³/mol. The van der Waals surface area contributed by atoms with E-state index in [2.05, 4.69) is 15.7 Å². The summed E-state index contributed by atoms with van der Waals surface area (Å²) in [6.07, 6.45) is -1.63. The van der Waals surface area contributed by atoms with Gasteiger partial charge < -0.3 is 15.1 Å². The summed E-state index contributed by atoms with van der Waals surface area (Å²) in [6, 6.07) is 2.13. The van der Waals surface area contributed by atoms with Crippen LogP contribution in [0.4, 0.5) is 19.0 Å². The Balaban J connectivity index is 1.87. The van der Waals surface area contributed by atoms with Crippen LogP contribution >= 0.6 is 0 Å². The molecule has 0 saturated carbocycles. The summed E-state index contributed by atoms with van der Waals surface area (Å²) < 4.78 is 46.5. The standard InChI is InChI=1S/C16H19F3N4O2/c1-2-3-6-20-15(24)11-9-14-21-10(12-5-4-7-25-12)8-13(16(17,18)19)23(14)22-11/h4-5,7,9-10,13,21H,2-3,6,8H2,1H3,(H,20,24). The lowest BCUT2D eigenvalue weighted by Crippen LogP contribution is -2.35. The van der Waals surface area contributed by atoms with Crippen molar-refractivity contribution in [3.63, 3.8) is 0 Å². The van der Waals surface area contributed by atoms with Crippen molar-refractivity contribution in [2.45, 2.75) is 44.4 Å². The summed E-state index contributed by atoms with van der Waals surface area (Å²) in [5, 5.41) is 9.51. The minimum atomic E-state index is -4.48. The van der Waals surface area contributed by atoms with Crippen molar-refractivity contribution in [3.05, 3.63) is 35.9 Å². The smallest absolute Gasteiger partial charge is 0.410 e. The molecule has 2 N–H and O–H groups in total. The van der Waals surface area contributed by atoms with E-state index in [1.165, 1.54) is 12.3 Å². The number of hydrogen-bond acceptors (Lipinski definition) is 4. The largest absolute Gasteiger partial charge is 0.467 e. The van der Waals surface area contributed by atoms with E-state index < -0.39 is 24.2 Å². The van der Waals surface area contributed by atoms with Crippen LogP contribution in [0.2, 0.25) is 0 Å². The Morgan fingerprint density at radius 3 is 2.96 bits per heavy atom.